The third kappa shape index (κ3) is 4.49. The summed E-state index contributed by atoms with van der Waals surface area (Å²) in [6.45, 7) is 5.69. The minimum absolute atomic E-state index is 0.0140. The molecule has 1 aliphatic rings. The Morgan fingerprint density at radius 3 is 2.91 bits per heavy atom. The number of carbonyl (C=O) groups excluding carboxylic acids is 2. The number of aryl methyl sites for hydroxylation is 1. The number of furan rings is 1. The van der Waals surface area contributed by atoms with E-state index in [4.69, 9.17) is 13.9 Å². The number of hydrogen-bond donors (Lipinski definition) is 1. The molecule has 2 amide bonds. The Morgan fingerprint density at radius 2 is 2.14 bits per heavy atom. The van der Waals surface area contributed by atoms with Crippen LogP contribution in [0.2, 0.25) is 0 Å². The zero-order chi connectivity index (χ0) is 24.5. The number of likely N-dealkylation sites (tertiary alicyclic amines) is 1. The van der Waals surface area contributed by atoms with Crippen LogP contribution in [-0.4, -0.2) is 54.5 Å². The number of amides is 2. The molecule has 182 valence electrons. The van der Waals surface area contributed by atoms with E-state index in [1.165, 1.54) is 11.3 Å². The summed E-state index contributed by atoms with van der Waals surface area (Å²) in [7, 11) is 1.68. The fourth-order valence-electron chi connectivity index (χ4n) is 4.36. The van der Waals surface area contributed by atoms with Crippen LogP contribution < -0.4 is 10.1 Å². The van der Waals surface area contributed by atoms with Gasteiger partial charge in [-0.25, -0.2) is 0 Å². The molecule has 1 aromatic carbocycles. The molecule has 0 spiro atoms. The first-order valence-electron chi connectivity index (χ1n) is 11.7. The lowest BCUT2D eigenvalue weighted by atomic mass is 10.1. The van der Waals surface area contributed by atoms with Crippen molar-refractivity contribution in [2.45, 2.75) is 32.8 Å². The second-order valence-corrected chi connectivity index (χ2v) is 9.63. The van der Waals surface area contributed by atoms with Gasteiger partial charge in [-0.1, -0.05) is 6.92 Å². The minimum Gasteiger partial charge on any atom is -0.460 e. The molecule has 1 saturated heterocycles. The van der Waals surface area contributed by atoms with Gasteiger partial charge in [0.1, 0.15) is 22.8 Å². The van der Waals surface area contributed by atoms with Crippen LogP contribution in [0.5, 0.6) is 11.5 Å². The lowest BCUT2D eigenvalue weighted by molar-refractivity contribution is 0.0728. The van der Waals surface area contributed by atoms with Crippen LogP contribution in [0.3, 0.4) is 0 Å². The molecule has 0 bridgehead atoms. The monoisotopic (exact) mass is 493 g/mol. The van der Waals surface area contributed by atoms with Gasteiger partial charge in [0.05, 0.1) is 26.8 Å². The predicted molar refractivity (Wildman–Crippen MR) is 135 cm³/mol. The number of nitrogens with zero attached hydrogens (tertiary/aromatic N) is 2. The van der Waals surface area contributed by atoms with Crippen LogP contribution >= 0.6 is 11.3 Å². The zero-order valence-corrected chi connectivity index (χ0v) is 20.7. The number of nitrogens with one attached hydrogen (secondary N) is 1. The molecule has 9 heteroatoms. The number of pyridine rings is 1. The molecular formula is C26H27N3O5S. The average molecular weight is 494 g/mol. The third-order valence-electron chi connectivity index (χ3n) is 6.18. The SMILES string of the molecule is CCCNC(=O)c1c(C)oc2cc(Oc3ccnc4cc(C(=O)N5CC[C@@H](OC)C5)sc34)ccc12. The van der Waals surface area contributed by atoms with Crippen molar-refractivity contribution in [3.8, 4) is 11.5 Å². The molecule has 4 heterocycles. The van der Waals surface area contributed by atoms with Crippen LogP contribution in [0.4, 0.5) is 0 Å². The van der Waals surface area contributed by atoms with E-state index in [0.29, 0.717) is 58.4 Å². The summed E-state index contributed by atoms with van der Waals surface area (Å²) in [4.78, 5) is 32.5. The Hall–Kier alpha value is -3.43. The van der Waals surface area contributed by atoms with Crippen molar-refractivity contribution in [3.05, 3.63) is 52.7 Å². The molecule has 0 aliphatic carbocycles. The highest BCUT2D eigenvalue weighted by Gasteiger charge is 2.28. The molecule has 8 nitrogen and oxygen atoms in total. The highest BCUT2D eigenvalue weighted by molar-refractivity contribution is 7.21. The van der Waals surface area contributed by atoms with Crippen molar-refractivity contribution in [3.63, 3.8) is 0 Å². The number of rotatable bonds is 7. The number of carbonyl (C=O) groups is 2. The van der Waals surface area contributed by atoms with E-state index in [0.717, 1.165) is 22.9 Å². The number of benzene rings is 1. The van der Waals surface area contributed by atoms with E-state index in [1.54, 1.807) is 32.4 Å². The Morgan fingerprint density at radius 1 is 1.29 bits per heavy atom. The van der Waals surface area contributed by atoms with E-state index in [9.17, 15) is 9.59 Å². The maximum atomic E-state index is 13.0. The second kappa shape index (κ2) is 9.67. The molecule has 0 radical (unpaired) electrons. The molecule has 1 atom stereocenters. The summed E-state index contributed by atoms with van der Waals surface area (Å²) in [6, 6.07) is 9.03. The topological polar surface area (TPSA) is 93.9 Å². The van der Waals surface area contributed by atoms with E-state index in [2.05, 4.69) is 10.3 Å². The van der Waals surface area contributed by atoms with Crippen molar-refractivity contribution in [2.75, 3.05) is 26.7 Å². The van der Waals surface area contributed by atoms with E-state index in [-0.39, 0.29) is 17.9 Å². The van der Waals surface area contributed by atoms with E-state index < -0.39 is 0 Å². The first kappa shape index (κ1) is 23.3. The van der Waals surface area contributed by atoms with Gasteiger partial charge in [0.2, 0.25) is 0 Å². The van der Waals surface area contributed by atoms with Crippen LogP contribution in [0.25, 0.3) is 21.2 Å². The number of thiophene rings is 1. The van der Waals surface area contributed by atoms with Crippen molar-refractivity contribution in [1.29, 1.82) is 0 Å². The van der Waals surface area contributed by atoms with Gasteiger partial charge < -0.3 is 24.1 Å². The standard InChI is InChI=1S/C26H27N3O5S/c1-4-9-28-25(30)23-15(2)33-21-12-16(5-6-18(21)23)34-20-7-10-27-19-13-22(35-24(19)20)26(31)29-11-8-17(14-29)32-3/h5-7,10,12-13,17H,4,8-9,11,14H2,1-3H3,(H,28,30)/t17-/m1/s1. The smallest absolute Gasteiger partial charge is 0.264 e. The molecule has 1 N–H and O–H groups in total. The number of ether oxygens (including phenoxy) is 2. The highest BCUT2D eigenvalue weighted by Crippen LogP contribution is 2.37. The first-order valence-corrected chi connectivity index (χ1v) is 12.5. The van der Waals surface area contributed by atoms with Gasteiger partial charge in [-0.05, 0) is 38.0 Å². The largest absolute Gasteiger partial charge is 0.460 e. The Bertz CT molecular complexity index is 1410. The van der Waals surface area contributed by atoms with Crippen LogP contribution in [0.1, 0.15) is 45.6 Å². The normalized spacial score (nSPS) is 15.7. The summed E-state index contributed by atoms with van der Waals surface area (Å²) >= 11 is 1.37. The van der Waals surface area contributed by atoms with Gasteiger partial charge in [-0.3, -0.25) is 14.6 Å². The van der Waals surface area contributed by atoms with Gasteiger partial charge in [0.25, 0.3) is 11.8 Å². The quantitative estimate of drug-likeness (QED) is 0.383. The van der Waals surface area contributed by atoms with Crippen LogP contribution in [-0.2, 0) is 4.74 Å². The summed E-state index contributed by atoms with van der Waals surface area (Å²) in [5.74, 6) is 1.59. The van der Waals surface area contributed by atoms with Gasteiger partial charge in [0, 0.05) is 50.5 Å². The van der Waals surface area contributed by atoms with E-state index >= 15 is 0 Å². The summed E-state index contributed by atoms with van der Waals surface area (Å²) in [5.41, 5.74) is 1.84. The fourth-order valence-corrected chi connectivity index (χ4v) is 5.39. The second-order valence-electron chi connectivity index (χ2n) is 8.58. The predicted octanol–water partition coefficient (Wildman–Crippen LogP) is 5.14. The van der Waals surface area contributed by atoms with Gasteiger partial charge in [-0.2, -0.15) is 0 Å². The number of fused-ring (bicyclic) bond motifs is 2. The summed E-state index contributed by atoms with van der Waals surface area (Å²) < 4.78 is 18.2. The van der Waals surface area contributed by atoms with Crippen LogP contribution in [0, 0.1) is 6.92 Å². The van der Waals surface area contributed by atoms with Gasteiger partial charge in [-0.15, -0.1) is 11.3 Å². The van der Waals surface area contributed by atoms with Crippen molar-refractivity contribution in [1.82, 2.24) is 15.2 Å². The zero-order valence-electron chi connectivity index (χ0n) is 19.9. The third-order valence-corrected chi connectivity index (χ3v) is 7.31. The first-order chi connectivity index (χ1) is 17.0. The molecule has 1 aliphatic heterocycles. The Labute approximate surface area is 206 Å². The van der Waals surface area contributed by atoms with Crippen molar-refractivity contribution < 1.29 is 23.5 Å². The molecular weight excluding hydrogens is 466 g/mol. The number of methoxy groups -OCH3 is 1. The average Bonchev–Trinajstić information content (AvgIpc) is 3.58. The lowest BCUT2D eigenvalue weighted by Crippen LogP contribution is -2.29. The Balaban J connectivity index is 1.41. The maximum absolute atomic E-state index is 13.0. The number of aromatic nitrogens is 1. The van der Waals surface area contributed by atoms with Crippen LogP contribution in [0.15, 0.2) is 40.9 Å². The minimum atomic E-state index is -0.141. The van der Waals surface area contributed by atoms with Gasteiger partial charge in [0.15, 0.2) is 0 Å². The van der Waals surface area contributed by atoms with E-state index in [1.807, 2.05) is 30.0 Å². The molecule has 1 fully saturated rings. The molecule has 4 aromatic rings. The molecule has 0 saturated carbocycles. The number of hydrogen-bond acceptors (Lipinski definition) is 7. The molecule has 5 rings (SSSR count). The highest BCUT2D eigenvalue weighted by atomic mass is 32.1. The van der Waals surface area contributed by atoms with Crippen molar-refractivity contribution in [2.24, 2.45) is 0 Å². The molecule has 0 unspecified atom stereocenters. The summed E-state index contributed by atoms with van der Waals surface area (Å²) in [6.07, 6.45) is 3.46. The summed E-state index contributed by atoms with van der Waals surface area (Å²) in [5, 5.41) is 3.65. The van der Waals surface area contributed by atoms with Gasteiger partial charge >= 0.3 is 0 Å². The molecule has 3 aromatic heterocycles. The Kier molecular flexibility index (Phi) is 6.44. The van der Waals surface area contributed by atoms with Crippen molar-refractivity contribution >= 4 is 44.3 Å². The maximum Gasteiger partial charge on any atom is 0.264 e. The lowest BCUT2D eigenvalue weighted by Gasteiger charge is -2.14. The fraction of sp³-hybridized carbons (Fsp3) is 0.346. The molecule has 35 heavy (non-hydrogen) atoms.